The van der Waals surface area contributed by atoms with Crippen molar-refractivity contribution in [3.63, 3.8) is 0 Å². The lowest BCUT2D eigenvalue weighted by molar-refractivity contribution is -0.131. The molecule has 1 saturated heterocycles. The summed E-state index contributed by atoms with van der Waals surface area (Å²) in [5.41, 5.74) is 0. The van der Waals surface area contributed by atoms with Crippen LogP contribution in [-0.2, 0) is 21.9 Å². The minimum absolute atomic E-state index is 0.0163. The molecule has 0 saturated carbocycles. The summed E-state index contributed by atoms with van der Waals surface area (Å²) in [5.74, 6) is 0.772. The number of aryl methyl sites for hydroxylation is 1. The lowest BCUT2D eigenvalue weighted by Gasteiger charge is -2.35. The summed E-state index contributed by atoms with van der Waals surface area (Å²) in [6.45, 7) is 5.05. The number of sulfonamides is 1. The monoisotopic (exact) mass is 409 g/mol. The van der Waals surface area contributed by atoms with E-state index in [-0.39, 0.29) is 16.1 Å². The predicted octanol–water partition coefficient (Wildman–Crippen LogP) is 1.14. The Bertz CT molecular complexity index is 906. The lowest BCUT2D eigenvalue weighted by Crippen LogP contribution is -2.52. The van der Waals surface area contributed by atoms with E-state index in [1.54, 1.807) is 35.2 Å². The van der Waals surface area contributed by atoms with Crippen LogP contribution in [0.25, 0.3) is 0 Å². The van der Waals surface area contributed by atoms with Crippen molar-refractivity contribution in [3.8, 4) is 0 Å². The van der Waals surface area contributed by atoms with Crippen LogP contribution in [0.15, 0.2) is 40.4 Å². The summed E-state index contributed by atoms with van der Waals surface area (Å²) in [7, 11) is -1.65. The van der Waals surface area contributed by atoms with Crippen LogP contribution in [0.3, 0.4) is 0 Å². The molecule has 0 radical (unpaired) electrons. The smallest absolute Gasteiger partial charge is 0.243 e. The number of benzene rings is 1. The maximum absolute atomic E-state index is 12.7. The largest absolute Gasteiger partial charge is 0.339 e. The number of piperazine rings is 1. The minimum Gasteiger partial charge on any atom is -0.339 e. The zero-order valence-electron chi connectivity index (χ0n) is 15.6. The normalized spacial score (nSPS) is 17.1. The zero-order valence-corrected chi connectivity index (χ0v) is 17.2. The van der Waals surface area contributed by atoms with Crippen LogP contribution in [0, 0.1) is 6.92 Å². The number of amides is 1. The van der Waals surface area contributed by atoms with E-state index in [0.29, 0.717) is 31.3 Å². The maximum atomic E-state index is 12.7. The van der Waals surface area contributed by atoms with Crippen molar-refractivity contribution in [2.75, 3.05) is 26.2 Å². The van der Waals surface area contributed by atoms with Gasteiger partial charge in [0, 0.05) is 33.2 Å². The molecular formula is C17H23N5O3S2. The summed E-state index contributed by atoms with van der Waals surface area (Å²) in [6, 6.07) is 8.38. The van der Waals surface area contributed by atoms with Crippen LogP contribution >= 0.6 is 11.8 Å². The van der Waals surface area contributed by atoms with Crippen molar-refractivity contribution >= 4 is 27.7 Å². The second-order valence-electron chi connectivity index (χ2n) is 6.39. The van der Waals surface area contributed by atoms with Crippen LogP contribution in [0.2, 0.25) is 0 Å². The van der Waals surface area contributed by atoms with E-state index in [1.165, 1.54) is 16.1 Å². The van der Waals surface area contributed by atoms with Crippen LogP contribution in [0.5, 0.6) is 0 Å². The Morgan fingerprint density at radius 2 is 1.74 bits per heavy atom. The highest BCUT2D eigenvalue weighted by Gasteiger charge is 2.32. The van der Waals surface area contributed by atoms with Gasteiger partial charge in [-0.15, -0.1) is 10.2 Å². The third-order valence-electron chi connectivity index (χ3n) is 4.61. The molecule has 0 unspecified atom stereocenters. The second kappa shape index (κ2) is 7.99. The van der Waals surface area contributed by atoms with Crippen molar-refractivity contribution in [2.24, 2.45) is 7.05 Å². The van der Waals surface area contributed by atoms with Crippen molar-refractivity contribution in [1.82, 2.24) is 24.0 Å². The van der Waals surface area contributed by atoms with E-state index in [2.05, 4.69) is 10.2 Å². The molecule has 146 valence electrons. The SMILES string of the molecule is Cc1nnc(S[C@@H](C)C(=O)N2CCN(S(=O)(=O)c3ccccc3)CC2)n1C. The number of carbonyl (C=O) groups is 1. The van der Waals surface area contributed by atoms with E-state index in [4.69, 9.17) is 0 Å². The van der Waals surface area contributed by atoms with Crippen molar-refractivity contribution in [1.29, 1.82) is 0 Å². The van der Waals surface area contributed by atoms with Gasteiger partial charge in [0.1, 0.15) is 5.82 Å². The van der Waals surface area contributed by atoms with Gasteiger partial charge in [0.2, 0.25) is 15.9 Å². The minimum atomic E-state index is -3.51. The Hall–Kier alpha value is -1.91. The summed E-state index contributed by atoms with van der Waals surface area (Å²) in [5, 5.41) is 8.46. The van der Waals surface area contributed by atoms with E-state index in [0.717, 1.165) is 5.82 Å². The molecule has 0 N–H and O–H groups in total. The first-order valence-electron chi connectivity index (χ1n) is 8.67. The van der Waals surface area contributed by atoms with E-state index >= 15 is 0 Å². The highest BCUT2D eigenvalue weighted by molar-refractivity contribution is 8.00. The molecular weight excluding hydrogens is 386 g/mol. The van der Waals surface area contributed by atoms with Gasteiger partial charge in [0.15, 0.2) is 5.16 Å². The average Bonchev–Trinajstić information content (AvgIpc) is 3.00. The van der Waals surface area contributed by atoms with Gasteiger partial charge in [-0.25, -0.2) is 8.42 Å². The van der Waals surface area contributed by atoms with E-state index in [1.807, 2.05) is 25.5 Å². The molecule has 0 aliphatic carbocycles. The molecule has 3 rings (SSSR count). The standard InChI is InChI=1S/C17H23N5O3S2/c1-13(26-17-19-18-14(2)20(17)3)16(23)21-9-11-22(12-10-21)27(24,25)15-7-5-4-6-8-15/h4-8,13H,9-12H2,1-3H3/t13-/m0/s1. The first kappa shape index (κ1) is 19.8. The molecule has 0 spiro atoms. The van der Waals surface area contributed by atoms with Crippen molar-refractivity contribution < 1.29 is 13.2 Å². The fraction of sp³-hybridized carbons (Fsp3) is 0.471. The number of rotatable bonds is 5. The zero-order chi connectivity index (χ0) is 19.6. The fourth-order valence-electron chi connectivity index (χ4n) is 2.85. The molecule has 1 aliphatic rings. The molecule has 1 atom stereocenters. The third kappa shape index (κ3) is 4.17. The molecule has 0 bridgehead atoms. The number of carbonyl (C=O) groups excluding carboxylic acids is 1. The fourth-order valence-corrected chi connectivity index (χ4v) is 5.23. The molecule has 2 heterocycles. The summed E-state index contributed by atoms with van der Waals surface area (Å²) in [4.78, 5) is 14.7. The first-order chi connectivity index (χ1) is 12.8. The third-order valence-corrected chi connectivity index (χ3v) is 7.65. The van der Waals surface area contributed by atoms with Gasteiger partial charge in [-0.2, -0.15) is 4.31 Å². The lowest BCUT2D eigenvalue weighted by atomic mass is 10.3. The van der Waals surface area contributed by atoms with Gasteiger partial charge >= 0.3 is 0 Å². The molecule has 2 aromatic rings. The maximum Gasteiger partial charge on any atom is 0.243 e. The number of nitrogens with zero attached hydrogens (tertiary/aromatic N) is 5. The topological polar surface area (TPSA) is 88.4 Å². The van der Waals surface area contributed by atoms with Crippen molar-refractivity contribution in [2.45, 2.75) is 29.1 Å². The van der Waals surface area contributed by atoms with Crippen molar-refractivity contribution in [3.05, 3.63) is 36.2 Å². The van der Waals surface area contributed by atoms with Gasteiger partial charge in [-0.1, -0.05) is 30.0 Å². The molecule has 27 heavy (non-hydrogen) atoms. The highest BCUT2D eigenvalue weighted by atomic mass is 32.2. The van der Waals surface area contributed by atoms with Crippen LogP contribution < -0.4 is 0 Å². The first-order valence-corrected chi connectivity index (χ1v) is 11.0. The molecule has 1 aromatic heterocycles. The predicted molar refractivity (Wildman–Crippen MR) is 103 cm³/mol. The Balaban J connectivity index is 1.60. The second-order valence-corrected chi connectivity index (χ2v) is 9.64. The number of thioether (sulfide) groups is 1. The molecule has 10 heteroatoms. The molecule has 8 nitrogen and oxygen atoms in total. The Labute approximate surface area is 163 Å². The molecule has 1 amide bonds. The molecule has 1 fully saturated rings. The van der Waals surface area contributed by atoms with Gasteiger partial charge in [0.05, 0.1) is 10.1 Å². The van der Waals surface area contributed by atoms with E-state index < -0.39 is 10.0 Å². The quantitative estimate of drug-likeness (QED) is 0.688. The van der Waals surface area contributed by atoms with Crippen LogP contribution in [-0.4, -0.2) is 69.7 Å². The Kier molecular flexibility index (Phi) is 5.87. The Morgan fingerprint density at radius 3 is 2.30 bits per heavy atom. The molecule has 1 aliphatic heterocycles. The van der Waals surface area contributed by atoms with Crippen LogP contribution in [0.4, 0.5) is 0 Å². The number of aromatic nitrogens is 3. The summed E-state index contributed by atoms with van der Waals surface area (Å²) < 4.78 is 28.6. The summed E-state index contributed by atoms with van der Waals surface area (Å²) in [6.07, 6.45) is 0. The van der Waals surface area contributed by atoms with Gasteiger partial charge in [0.25, 0.3) is 0 Å². The number of hydrogen-bond acceptors (Lipinski definition) is 6. The van der Waals surface area contributed by atoms with Gasteiger partial charge in [-0.05, 0) is 26.0 Å². The average molecular weight is 410 g/mol. The highest BCUT2D eigenvalue weighted by Crippen LogP contribution is 2.24. The molecule has 1 aromatic carbocycles. The number of hydrogen-bond donors (Lipinski definition) is 0. The van der Waals surface area contributed by atoms with Gasteiger partial charge < -0.3 is 9.47 Å². The van der Waals surface area contributed by atoms with Crippen LogP contribution in [0.1, 0.15) is 12.7 Å². The van der Waals surface area contributed by atoms with Gasteiger partial charge in [-0.3, -0.25) is 4.79 Å². The van der Waals surface area contributed by atoms with E-state index in [9.17, 15) is 13.2 Å². The Morgan fingerprint density at radius 1 is 1.11 bits per heavy atom. The summed E-state index contributed by atoms with van der Waals surface area (Å²) >= 11 is 1.36.